The molecule has 0 saturated carbocycles. The summed E-state index contributed by atoms with van der Waals surface area (Å²) in [7, 11) is -0.783. The Balaban J connectivity index is 1.92. The standard InChI is InChI=1S/C21H14F4N2O6S2/c1-31-17-10-13(20(28)32-2)5-7-15(17)27(35(29)30)18-11-34-19(26-18)8-4-12-3-6-14(22)16(9-12)33-21(23,24)25/h3,5-7,9-11,35H,1-2H3. The summed E-state index contributed by atoms with van der Waals surface area (Å²) in [5.74, 6) is 2.21. The van der Waals surface area contributed by atoms with Crippen LogP contribution in [0.25, 0.3) is 0 Å². The fraction of sp³-hybridized carbons (Fsp3) is 0.143. The third-order valence-electron chi connectivity index (χ3n) is 4.17. The van der Waals surface area contributed by atoms with Crippen LogP contribution in [0, 0.1) is 17.7 Å². The van der Waals surface area contributed by atoms with Gasteiger partial charge in [-0.05, 0) is 42.3 Å². The first-order valence-corrected chi connectivity index (χ1v) is 11.3. The third-order valence-corrected chi connectivity index (χ3v) is 5.66. The van der Waals surface area contributed by atoms with Gasteiger partial charge in [0.25, 0.3) is 0 Å². The number of benzene rings is 2. The molecule has 0 fully saturated rings. The van der Waals surface area contributed by atoms with E-state index >= 15 is 0 Å². The lowest BCUT2D eigenvalue weighted by Gasteiger charge is -2.18. The number of alkyl halides is 3. The zero-order valence-electron chi connectivity index (χ0n) is 17.8. The molecule has 0 N–H and O–H groups in total. The highest BCUT2D eigenvalue weighted by Gasteiger charge is 2.32. The quantitative estimate of drug-likeness (QED) is 0.223. The van der Waals surface area contributed by atoms with E-state index < -0.39 is 34.8 Å². The van der Waals surface area contributed by atoms with Crippen LogP contribution in [-0.2, 0) is 15.6 Å². The van der Waals surface area contributed by atoms with Crippen LogP contribution in [0.4, 0.5) is 29.1 Å². The van der Waals surface area contributed by atoms with Gasteiger partial charge in [-0.3, -0.25) is 0 Å². The Labute approximate surface area is 201 Å². The molecule has 0 unspecified atom stereocenters. The van der Waals surface area contributed by atoms with Crippen molar-refractivity contribution in [3.8, 4) is 23.3 Å². The Morgan fingerprint density at radius 2 is 1.83 bits per heavy atom. The van der Waals surface area contributed by atoms with Crippen LogP contribution in [0.1, 0.15) is 20.9 Å². The molecule has 0 bridgehead atoms. The van der Waals surface area contributed by atoms with Gasteiger partial charge in [0.1, 0.15) is 11.4 Å². The summed E-state index contributed by atoms with van der Waals surface area (Å²) < 4.78 is 89.1. The molecule has 35 heavy (non-hydrogen) atoms. The van der Waals surface area contributed by atoms with Gasteiger partial charge in [-0.2, -0.15) is 0 Å². The molecule has 184 valence electrons. The third kappa shape index (κ3) is 6.40. The lowest BCUT2D eigenvalue weighted by Crippen LogP contribution is -2.18. The second kappa shape index (κ2) is 10.6. The van der Waals surface area contributed by atoms with Gasteiger partial charge in [-0.15, -0.1) is 24.5 Å². The monoisotopic (exact) mass is 530 g/mol. The molecular weight excluding hydrogens is 516 g/mol. The van der Waals surface area contributed by atoms with E-state index in [1.807, 2.05) is 0 Å². The summed E-state index contributed by atoms with van der Waals surface area (Å²) in [4.78, 5) is 15.9. The van der Waals surface area contributed by atoms with E-state index in [4.69, 9.17) is 4.74 Å². The van der Waals surface area contributed by atoms with Crippen molar-refractivity contribution < 1.29 is 45.0 Å². The van der Waals surface area contributed by atoms with Gasteiger partial charge in [0, 0.05) is 10.9 Å². The predicted octanol–water partition coefficient (Wildman–Crippen LogP) is 4.04. The molecule has 0 radical (unpaired) electrons. The fourth-order valence-corrected chi connectivity index (χ4v) is 4.04. The van der Waals surface area contributed by atoms with Crippen molar-refractivity contribution in [3.05, 3.63) is 63.7 Å². The van der Waals surface area contributed by atoms with Gasteiger partial charge in [0.05, 0.1) is 19.8 Å². The Morgan fingerprint density at radius 1 is 1.09 bits per heavy atom. The maximum atomic E-state index is 13.6. The fourth-order valence-electron chi connectivity index (χ4n) is 2.72. The van der Waals surface area contributed by atoms with Crippen LogP contribution in [-0.4, -0.2) is 40.0 Å². The molecule has 1 heterocycles. The number of hydrogen-bond donors (Lipinski definition) is 1. The number of ether oxygens (including phenoxy) is 3. The summed E-state index contributed by atoms with van der Waals surface area (Å²) in [6.07, 6.45) is -5.08. The van der Waals surface area contributed by atoms with E-state index in [1.54, 1.807) is 0 Å². The number of esters is 1. The van der Waals surface area contributed by atoms with Gasteiger partial charge in [-0.1, -0.05) is 5.92 Å². The summed E-state index contributed by atoms with van der Waals surface area (Å²) in [5.41, 5.74) is 0.204. The molecule has 14 heteroatoms. The number of carbonyl (C=O) groups is 1. The van der Waals surface area contributed by atoms with E-state index in [0.29, 0.717) is 0 Å². The highest BCUT2D eigenvalue weighted by molar-refractivity contribution is 7.74. The molecule has 0 atom stereocenters. The first-order valence-electron chi connectivity index (χ1n) is 9.26. The number of rotatable bonds is 6. The maximum Gasteiger partial charge on any atom is 0.573 e. The molecule has 2 aromatic carbocycles. The molecule has 3 aromatic rings. The van der Waals surface area contributed by atoms with Crippen LogP contribution in [0.2, 0.25) is 0 Å². The molecule has 8 nitrogen and oxygen atoms in total. The van der Waals surface area contributed by atoms with E-state index in [-0.39, 0.29) is 33.4 Å². The SMILES string of the molecule is COC(=O)c1ccc(N(c2csc(C#Cc3ccc(F)c(OC(F)(F)F)c3)n2)[SH](=O)=O)c(OC)c1. The highest BCUT2D eigenvalue weighted by Crippen LogP contribution is 2.35. The Bertz CT molecular complexity index is 1380. The lowest BCUT2D eigenvalue weighted by atomic mass is 10.2. The van der Waals surface area contributed by atoms with Crippen molar-refractivity contribution >= 4 is 39.7 Å². The average molecular weight is 530 g/mol. The Kier molecular flexibility index (Phi) is 7.82. The molecule has 3 rings (SSSR count). The van der Waals surface area contributed by atoms with Gasteiger partial charge in [-0.25, -0.2) is 26.9 Å². The smallest absolute Gasteiger partial charge is 0.495 e. The zero-order valence-corrected chi connectivity index (χ0v) is 19.5. The second-order valence-electron chi connectivity index (χ2n) is 6.38. The van der Waals surface area contributed by atoms with Crippen LogP contribution < -0.4 is 13.8 Å². The van der Waals surface area contributed by atoms with E-state index in [2.05, 4.69) is 26.3 Å². The van der Waals surface area contributed by atoms with Crippen molar-refractivity contribution in [2.75, 3.05) is 18.5 Å². The molecule has 0 aliphatic heterocycles. The van der Waals surface area contributed by atoms with E-state index in [1.165, 1.54) is 37.8 Å². The summed E-state index contributed by atoms with van der Waals surface area (Å²) in [6.45, 7) is 0. The van der Waals surface area contributed by atoms with Crippen molar-refractivity contribution in [2.24, 2.45) is 0 Å². The largest absolute Gasteiger partial charge is 0.573 e. The van der Waals surface area contributed by atoms with Gasteiger partial charge < -0.3 is 14.2 Å². The van der Waals surface area contributed by atoms with Gasteiger partial charge in [0.15, 0.2) is 22.4 Å². The number of thiol groups is 1. The summed E-state index contributed by atoms with van der Waals surface area (Å²) in [5, 5.41) is 1.50. The number of nitrogens with zero attached hydrogens (tertiary/aromatic N) is 2. The van der Waals surface area contributed by atoms with Gasteiger partial charge in [0.2, 0.25) is 10.9 Å². The molecular formula is C21H14F4N2O6S2. The van der Waals surface area contributed by atoms with Crippen LogP contribution in [0.5, 0.6) is 11.5 Å². The number of methoxy groups -OCH3 is 2. The minimum Gasteiger partial charge on any atom is -0.495 e. The van der Waals surface area contributed by atoms with Crippen LogP contribution in [0.3, 0.4) is 0 Å². The molecule has 0 spiro atoms. The lowest BCUT2D eigenvalue weighted by molar-refractivity contribution is -0.275. The predicted molar refractivity (Wildman–Crippen MR) is 118 cm³/mol. The molecule has 0 saturated heterocycles. The number of anilines is 2. The second-order valence-corrected chi connectivity index (χ2v) is 8.12. The minimum atomic E-state index is -5.08. The average Bonchev–Trinajstić information content (AvgIpc) is 3.26. The van der Waals surface area contributed by atoms with Crippen LogP contribution in [0.15, 0.2) is 41.8 Å². The first kappa shape index (κ1) is 25.8. The number of carbonyl (C=O) groups excluding carboxylic acids is 1. The zero-order chi connectivity index (χ0) is 25.8. The maximum absolute atomic E-state index is 13.6. The van der Waals surface area contributed by atoms with Crippen LogP contribution >= 0.6 is 11.3 Å². The molecule has 0 aliphatic rings. The number of aromatic nitrogens is 1. The van der Waals surface area contributed by atoms with Crippen molar-refractivity contribution in [2.45, 2.75) is 6.36 Å². The summed E-state index contributed by atoms with van der Waals surface area (Å²) in [6, 6.07) is 6.68. The normalized spacial score (nSPS) is 10.9. The molecule has 0 aliphatic carbocycles. The Hall–Kier alpha value is -3.83. The van der Waals surface area contributed by atoms with Gasteiger partial charge >= 0.3 is 12.3 Å². The minimum absolute atomic E-state index is 0.00854. The van der Waals surface area contributed by atoms with Crippen molar-refractivity contribution in [1.82, 2.24) is 4.98 Å². The number of hydrogen-bond acceptors (Lipinski definition) is 8. The van der Waals surface area contributed by atoms with Crippen molar-refractivity contribution in [3.63, 3.8) is 0 Å². The van der Waals surface area contributed by atoms with E-state index in [9.17, 15) is 30.8 Å². The molecule has 0 amide bonds. The topological polar surface area (TPSA) is 95.0 Å². The number of thiazole rings is 1. The first-order chi connectivity index (χ1) is 16.5. The Morgan fingerprint density at radius 3 is 2.46 bits per heavy atom. The summed E-state index contributed by atoms with van der Waals surface area (Å²) >= 11 is 0.958. The van der Waals surface area contributed by atoms with E-state index in [0.717, 1.165) is 33.8 Å². The number of halogens is 4. The van der Waals surface area contributed by atoms with Crippen molar-refractivity contribution in [1.29, 1.82) is 0 Å². The molecule has 1 aromatic heterocycles. The highest BCUT2D eigenvalue weighted by atomic mass is 32.2.